The maximum Gasteiger partial charge on any atom is 0.262 e. The Kier molecular flexibility index (Phi) is 6.59. The molecule has 2 atom stereocenters. The van der Waals surface area contributed by atoms with E-state index in [2.05, 4.69) is 19.2 Å². The molecule has 29 heavy (non-hydrogen) atoms. The van der Waals surface area contributed by atoms with Crippen LogP contribution in [0.5, 0.6) is 5.75 Å². The molecule has 3 rings (SSSR count). The molecule has 0 saturated carbocycles. The summed E-state index contributed by atoms with van der Waals surface area (Å²) in [4.78, 5) is 12.4. The average Bonchev–Trinajstić information content (AvgIpc) is 2.67. The van der Waals surface area contributed by atoms with Crippen molar-refractivity contribution >= 4 is 21.6 Å². The van der Waals surface area contributed by atoms with Gasteiger partial charge in [-0.15, -0.1) is 0 Å². The van der Waals surface area contributed by atoms with Crippen molar-refractivity contribution in [3.63, 3.8) is 0 Å². The van der Waals surface area contributed by atoms with Crippen LogP contribution in [0.1, 0.15) is 25.8 Å². The third-order valence-corrected chi connectivity index (χ3v) is 6.91. The minimum atomic E-state index is -3.53. The zero-order valence-electron chi connectivity index (χ0n) is 17.1. The molecule has 6 nitrogen and oxygen atoms in total. The highest BCUT2D eigenvalue weighted by atomic mass is 32.2. The van der Waals surface area contributed by atoms with Gasteiger partial charge in [0.1, 0.15) is 5.75 Å². The number of ether oxygens (including phenoxy) is 1. The summed E-state index contributed by atoms with van der Waals surface area (Å²) in [5.74, 6) is 1.05. The number of para-hydroxylation sites is 1. The lowest BCUT2D eigenvalue weighted by atomic mass is 9.94. The summed E-state index contributed by atoms with van der Waals surface area (Å²) in [6.45, 7) is 7.04. The average molecular weight is 417 g/mol. The summed E-state index contributed by atoms with van der Waals surface area (Å²) in [5, 5.41) is 2.73. The highest BCUT2D eigenvalue weighted by Crippen LogP contribution is 2.27. The van der Waals surface area contributed by atoms with Gasteiger partial charge in [0.2, 0.25) is 10.0 Å². The number of aryl methyl sites for hydroxylation is 1. The number of sulfonamides is 1. The molecule has 1 fully saturated rings. The number of anilines is 1. The fourth-order valence-electron chi connectivity index (χ4n) is 3.72. The normalized spacial score (nSPS) is 20.2. The Hall–Kier alpha value is -2.38. The smallest absolute Gasteiger partial charge is 0.262 e. The van der Waals surface area contributed by atoms with Crippen molar-refractivity contribution in [3.05, 3.63) is 54.1 Å². The van der Waals surface area contributed by atoms with Gasteiger partial charge in [0, 0.05) is 18.8 Å². The lowest BCUT2D eigenvalue weighted by Gasteiger charge is -2.34. The predicted octanol–water partition coefficient (Wildman–Crippen LogP) is 3.68. The highest BCUT2D eigenvalue weighted by molar-refractivity contribution is 7.89. The topological polar surface area (TPSA) is 75.7 Å². The van der Waals surface area contributed by atoms with Gasteiger partial charge in [0.15, 0.2) is 6.61 Å². The van der Waals surface area contributed by atoms with Crippen LogP contribution >= 0.6 is 0 Å². The predicted molar refractivity (Wildman–Crippen MR) is 113 cm³/mol. The standard InChI is InChI=1S/C22H28N2O4S/c1-16-12-17(2)14-24(13-16)29(26,27)20-10-8-19(9-11-20)23-22(25)15-28-21-7-5-4-6-18(21)3/h4-11,16-17H,12-15H2,1-3H3,(H,23,25)/t16-,17+. The number of carbonyl (C=O) groups excluding carboxylic acids is 1. The molecule has 1 amide bonds. The van der Waals surface area contributed by atoms with Gasteiger partial charge in [-0.25, -0.2) is 8.42 Å². The monoisotopic (exact) mass is 416 g/mol. The number of carbonyl (C=O) groups is 1. The lowest BCUT2D eigenvalue weighted by Crippen LogP contribution is -2.42. The van der Waals surface area contributed by atoms with Crippen LogP contribution in [0.2, 0.25) is 0 Å². The second-order valence-corrected chi connectivity index (χ2v) is 9.83. The van der Waals surface area contributed by atoms with E-state index in [-0.39, 0.29) is 17.4 Å². The largest absolute Gasteiger partial charge is 0.483 e. The van der Waals surface area contributed by atoms with Crippen LogP contribution in [0.15, 0.2) is 53.4 Å². The molecule has 1 N–H and O–H groups in total. The zero-order valence-corrected chi connectivity index (χ0v) is 17.9. The molecule has 7 heteroatoms. The van der Waals surface area contributed by atoms with Gasteiger partial charge in [-0.2, -0.15) is 4.31 Å². The Morgan fingerprint density at radius 1 is 1.07 bits per heavy atom. The van der Waals surface area contributed by atoms with Crippen LogP contribution in [-0.4, -0.2) is 38.3 Å². The molecular formula is C22H28N2O4S. The molecule has 2 aromatic rings. The molecule has 1 aliphatic rings. The minimum absolute atomic E-state index is 0.117. The van der Waals surface area contributed by atoms with E-state index in [9.17, 15) is 13.2 Å². The zero-order chi connectivity index (χ0) is 21.0. The quantitative estimate of drug-likeness (QED) is 0.779. The van der Waals surface area contributed by atoms with Crippen LogP contribution in [-0.2, 0) is 14.8 Å². The van der Waals surface area contributed by atoms with Crippen molar-refractivity contribution in [1.29, 1.82) is 0 Å². The molecular weight excluding hydrogens is 388 g/mol. The third-order valence-electron chi connectivity index (χ3n) is 5.06. The Labute approximate surface area is 172 Å². The number of piperidine rings is 1. The van der Waals surface area contributed by atoms with Crippen LogP contribution in [0.3, 0.4) is 0 Å². The van der Waals surface area contributed by atoms with Crippen LogP contribution in [0.25, 0.3) is 0 Å². The number of nitrogens with zero attached hydrogens (tertiary/aromatic N) is 1. The first-order valence-corrected chi connectivity index (χ1v) is 11.3. The van der Waals surface area contributed by atoms with E-state index in [1.807, 2.05) is 31.2 Å². The summed E-state index contributed by atoms with van der Waals surface area (Å²) >= 11 is 0. The maximum atomic E-state index is 12.9. The molecule has 156 valence electrons. The van der Waals surface area contributed by atoms with Gasteiger partial charge < -0.3 is 10.1 Å². The third kappa shape index (κ3) is 5.36. The number of hydrogen-bond donors (Lipinski definition) is 1. The fraction of sp³-hybridized carbons (Fsp3) is 0.409. The van der Waals surface area contributed by atoms with Gasteiger partial charge in [-0.1, -0.05) is 32.0 Å². The summed E-state index contributed by atoms with van der Waals surface area (Å²) < 4.78 is 32.9. The van der Waals surface area contributed by atoms with Gasteiger partial charge in [0.05, 0.1) is 4.90 Å². The van der Waals surface area contributed by atoms with Gasteiger partial charge in [0.25, 0.3) is 5.91 Å². The summed E-state index contributed by atoms with van der Waals surface area (Å²) in [6.07, 6.45) is 1.04. The van der Waals surface area contributed by atoms with Crippen molar-refractivity contribution in [2.24, 2.45) is 11.8 Å². The van der Waals surface area contributed by atoms with Crippen LogP contribution in [0.4, 0.5) is 5.69 Å². The summed E-state index contributed by atoms with van der Waals surface area (Å²) in [7, 11) is -3.53. The molecule has 0 radical (unpaired) electrons. The SMILES string of the molecule is Cc1ccccc1OCC(=O)Nc1ccc(S(=O)(=O)N2C[C@H](C)C[C@H](C)C2)cc1. The van der Waals surface area contributed by atoms with E-state index in [0.29, 0.717) is 36.4 Å². The van der Waals surface area contributed by atoms with Crippen molar-refractivity contribution in [2.45, 2.75) is 32.1 Å². The Morgan fingerprint density at radius 3 is 2.31 bits per heavy atom. The highest BCUT2D eigenvalue weighted by Gasteiger charge is 2.31. The van der Waals surface area contributed by atoms with Crippen LogP contribution < -0.4 is 10.1 Å². The minimum Gasteiger partial charge on any atom is -0.483 e. The van der Waals surface area contributed by atoms with E-state index in [0.717, 1.165) is 12.0 Å². The number of amides is 1. The molecule has 1 aliphatic heterocycles. The Morgan fingerprint density at radius 2 is 1.69 bits per heavy atom. The summed E-state index contributed by atoms with van der Waals surface area (Å²) in [6, 6.07) is 13.8. The van der Waals surface area contributed by atoms with Crippen molar-refractivity contribution in [1.82, 2.24) is 4.31 Å². The van der Waals surface area contributed by atoms with Gasteiger partial charge in [-0.05, 0) is 61.1 Å². The van der Waals surface area contributed by atoms with Crippen molar-refractivity contribution in [2.75, 3.05) is 25.0 Å². The van der Waals surface area contributed by atoms with Crippen molar-refractivity contribution in [3.8, 4) is 5.75 Å². The Bertz CT molecular complexity index is 947. The summed E-state index contributed by atoms with van der Waals surface area (Å²) in [5.41, 5.74) is 1.49. The molecule has 0 bridgehead atoms. The first kappa shape index (κ1) is 21.3. The van der Waals surface area contributed by atoms with E-state index in [4.69, 9.17) is 4.74 Å². The van der Waals surface area contributed by atoms with E-state index < -0.39 is 10.0 Å². The number of hydrogen-bond acceptors (Lipinski definition) is 4. The second kappa shape index (κ2) is 8.97. The Balaban J connectivity index is 1.61. The van der Waals surface area contributed by atoms with Crippen LogP contribution in [0, 0.1) is 18.8 Å². The van der Waals surface area contributed by atoms with E-state index >= 15 is 0 Å². The molecule has 1 heterocycles. The lowest BCUT2D eigenvalue weighted by molar-refractivity contribution is -0.118. The first-order valence-electron chi connectivity index (χ1n) is 9.84. The molecule has 2 aromatic carbocycles. The van der Waals surface area contributed by atoms with Crippen molar-refractivity contribution < 1.29 is 17.9 Å². The van der Waals surface area contributed by atoms with E-state index in [1.165, 1.54) is 12.1 Å². The molecule has 0 spiro atoms. The molecule has 0 unspecified atom stereocenters. The number of rotatable bonds is 6. The maximum absolute atomic E-state index is 12.9. The second-order valence-electron chi connectivity index (χ2n) is 7.89. The first-order chi connectivity index (χ1) is 13.8. The van der Waals surface area contributed by atoms with Gasteiger partial charge >= 0.3 is 0 Å². The number of benzene rings is 2. The molecule has 0 aliphatic carbocycles. The molecule has 0 aromatic heterocycles. The fourth-order valence-corrected chi connectivity index (χ4v) is 5.40. The van der Waals surface area contributed by atoms with E-state index in [1.54, 1.807) is 16.4 Å². The van der Waals surface area contributed by atoms with Gasteiger partial charge in [-0.3, -0.25) is 4.79 Å². The molecule has 1 saturated heterocycles. The number of nitrogens with one attached hydrogen (secondary N) is 1.